The van der Waals surface area contributed by atoms with Crippen LogP contribution < -0.4 is 5.32 Å². The first kappa shape index (κ1) is 12.6. The average molecular weight is 268 g/mol. The summed E-state index contributed by atoms with van der Waals surface area (Å²) in [7, 11) is 0. The normalized spacial score (nSPS) is 10.9. The van der Waals surface area contributed by atoms with Crippen LogP contribution in [0, 0.1) is 6.92 Å². The predicted octanol–water partition coefficient (Wildman–Crippen LogP) is 2.10. The third-order valence-corrected chi connectivity index (χ3v) is 4.00. The summed E-state index contributed by atoms with van der Waals surface area (Å²) in [5, 5.41) is 13.3. The van der Waals surface area contributed by atoms with E-state index in [-0.39, 0.29) is 0 Å². The Balaban J connectivity index is 1.52. The molecule has 17 heavy (non-hydrogen) atoms. The highest BCUT2D eigenvalue weighted by Crippen LogP contribution is 2.11. The third kappa shape index (κ3) is 4.49. The lowest BCUT2D eigenvalue weighted by Crippen LogP contribution is -2.19. The molecule has 0 atom stereocenters. The summed E-state index contributed by atoms with van der Waals surface area (Å²) in [4.78, 5) is 5.68. The summed E-state index contributed by atoms with van der Waals surface area (Å²) in [5.74, 6) is 1.88. The molecule has 2 aromatic rings. The lowest BCUT2D eigenvalue weighted by atomic mass is 10.3. The van der Waals surface area contributed by atoms with E-state index < -0.39 is 0 Å². The molecule has 0 fully saturated rings. The van der Waals surface area contributed by atoms with Gasteiger partial charge in [-0.2, -0.15) is 0 Å². The van der Waals surface area contributed by atoms with Crippen LogP contribution in [0.5, 0.6) is 0 Å². The molecule has 2 N–H and O–H groups in total. The highest BCUT2D eigenvalue weighted by molar-refractivity contribution is 7.99. The van der Waals surface area contributed by atoms with Crippen LogP contribution in [0.3, 0.4) is 0 Å². The number of aromatic nitrogens is 3. The molecule has 0 aliphatic heterocycles. The molecule has 0 radical (unpaired) electrons. The molecular formula is C11H16N4S2. The molecule has 0 aromatic carbocycles. The second-order valence-electron chi connectivity index (χ2n) is 3.63. The molecule has 92 valence electrons. The number of hydrogen-bond donors (Lipinski definition) is 2. The standard InChI is InChI=1S/C11H16N4S2/c1-9-13-11(15-14-9)17-8-6-12-5-4-10-3-2-7-16-10/h2-3,7,12H,4-6,8H2,1H3,(H,13,14,15). The fourth-order valence-corrected chi connectivity index (χ4v) is 2.84. The second kappa shape index (κ2) is 6.78. The first-order chi connectivity index (χ1) is 8.34. The zero-order valence-electron chi connectivity index (χ0n) is 9.77. The number of hydrogen-bond acceptors (Lipinski definition) is 5. The molecule has 0 aliphatic rings. The number of thiophene rings is 1. The van der Waals surface area contributed by atoms with Gasteiger partial charge in [0, 0.05) is 17.2 Å². The van der Waals surface area contributed by atoms with Gasteiger partial charge in [0.2, 0.25) is 5.16 Å². The Morgan fingerprint density at radius 2 is 2.41 bits per heavy atom. The summed E-state index contributed by atoms with van der Waals surface area (Å²) in [6, 6.07) is 4.28. The second-order valence-corrected chi connectivity index (χ2v) is 5.73. The zero-order chi connectivity index (χ0) is 11.9. The van der Waals surface area contributed by atoms with Crippen LogP contribution in [0.1, 0.15) is 10.7 Å². The zero-order valence-corrected chi connectivity index (χ0v) is 11.4. The fourth-order valence-electron chi connectivity index (χ4n) is 1.39. The molecule has 0 saturated heterocycles. The van der Waals surface area contributed by atoms with E-state index in [9.17, 15) is 0 Å². The van der Waals surface area contributed by atoms with Crippen molar-refractivity contribution in [1.82, 2.24) is 20.5 Å². The van der Waals surface area contributed by atoms with Gasteiger partial charge in [-0.05, 0) is 31.3 Å². The van der Waals surface area contributed by atoms with Gasteiger partial charge in [0.15, 0.2) is 0 Å². The van der Waals surface area contributed by atoms with Crippen molar-refractivity contribution in [2.24, 2.45) is 0 Å². The number of H-pyrrole nitrogens is 1. The number of nitrogens with one attached hydrogen (secondary N) is 2. The average Bonchev–Trinajstić information content (AvgIpc) is 2.95. The van der Waals surface area contributed by atoms with Crippen molar-refractivity contribution in [3.8, 4) is 0 Å². The molecule has 2 rings (SSSR count). The number of aryl methyl sites for hydroxylation is 1. The van der Waals surface area contributed by atoms with Crippen molar-refractivity contribution in [3.05, 3.63) is 28.2 Å². The van der Waals surface area contributed by atoms with E-state index in [0.717, 1.165) is 36.2 Å². The molecule has 0 unspecified atom stereocenters. The van der Waals surface area contributed by atoms with Gasteiger partial charge >= 0.3 is 0 Å². The van der Waals surface area contributed by atoms with Crippen molar-refractivity contribution >= 4 is 23.1 Å². The minimum Gasteiger partial charge on any atom is -0.316 e. The Kier molecular flexibility index (Phi) is 5.03. The van der Waals surface area contributed by atoms with E-state index in [1.807, 2.05) is 18.3 Å². The Hall–Kier alpha value is -0.850. The lowest BCUT2D eigenvalue weighted by Gasteiger charge is -2.01. The summed E-state index contributed by atoms with van der Waals surface area (Å²) in [6.45, 7) is 3.94. The van der Waals surface area contributed by atoms with Gasteiger partial charge in [-0.25, -0.2) is 4.98 Å². The number of aromatic amines is 1. The number of nitrogens with zero attached hydrogens (tertiary/aromatic N) is 2. The SMILES string of the molecule is Cc1nc(SCCNCCc2cccs2)n[nH]1. The summed E-state index contributed by atoms with van der Waals surface area (Å²) in [6.07, 6.45) is 1.11. The van der Waals surface area contributed by atoms with E-state index in [4.69, 9.17) is 0 Å². The molecule has 0 amide bonds. The molecule has 0 bridgehead atoms. The van der Waals surface area contributed by atoms with Crippen molar-refractivity contribution in [2.75, 3.05) is 18.8 Å². The lowest BCUT2D eigenvalue weighted by molar-refractivity contribution is 0.725. The molecule has 2 aromatic heterocycles. The van der Waals surface area contributed by atoms with Crippen LogP contribution in [-0.2, 0) is 6.42 Å². The highest BCUT2D eigenvalue weighted by Gasteiger charge is 1.99. The summed E-state index contributed by atoms with van der Waals surface area (Å²) >= 11 is 3.49. The van der Waals surface area contributed by atoms with Crippen LogP contribution in [0.2, 0.25) is 0 Å². The summed E-state index contributed by atoms with van der Waals surface area (Å²) < 4.78 is 0. The van der Waals surface area contributed by atoms with E-state index >= 15 is 0 Å². The van der Waals surface area contributed by atoms with Crippen molar-refractivity contribution < 1.29 is 0 Å². The van der Waals surface area contributed by atoms with Crippen molar-refractivity contribution in [1.29, 1.82) is 0 Å². The first-order valence-electron chi connectivity index (χ1n) is 5.59. The first-order valence-corrected chi connectivity index (χ1v) is 7.46. The van der Waals surface area contributed by atoms with E-state index in [0.29, 0.717) is 0 Å². The number of rotatable bonds is 7. The van der Waals surface area contributed by atoms with Gasteiger partial charge < -0.3 is 5.32 Å². The topological polar surface area (TPSA) is 53.6 Å². The van der Waals surface area contributed by atoms with E-state index in [1.54, 1.807) is 11.8 Å². The maximum absolute atomic E-state index is 4.24. The van der Waals surface area contributed by atoms with Crippen LogP contribution in [-0.4, -0.2) is 34.0 Å². The largest absolute Gasteiger partial charge is 0.316 e. The van der Waals surface area contributed by atoms with E-state index in [1.165, 1.54) is 4.88 Å². The molecule has 4 nitrogen and oxygen atoms in total. The van der Waals surface area contributed by atoms with Gasteiger partial charge in [0.25, 0.3) is 0 Å². The molecule has 0 aliphatic carbocycles. The Morgan fingerprint density at radius 1 is 1.47 bits per heavy atom. The van der Waals surface area contributed by atoms with Gasteiger partial charge in [-0.3, -0.25) is 5.10 Å². The maximum Gasteiger partial charge on any atom is 0.208 e. The molecule has 2 heterocycles. The van der Waals surface area contributed by atoms with Gasteiger partial charge in [-0.15, -0.1) is 16.4 Å². The minimum atomic E-state index is 0.836. The van der Waals surface area contributed by atoms with Crippen molar-refractivity contribution in [3.63, 3.8) is 0 Å². The Labute approximate surface area is 109 Å². The molecular weight excluding hydrogens is 252 g/mol. The number of thioether (sulfide) groups is 1. The van der Waals surface area contributed by atoms with Crippen LogP contribution >= 0.6 is 23.1 Å². The quantitative estimate of drug-likeness (QED) is 0.596. The smallest absolute Gasteiger partial charge is 0.208 e. The highest BCUT2D eigenvalue weighted by atomic mass is 32.2. The van der Waals surface area contributed by atoms with Gasteiger partial charge in [0.1, 0.15) is 5.82 Å². The predicted molar refractivity (Wildman–Crippen MR) is 72.7 cm³/mol. The molecule has 0 spiro atoms. The minimum absolute atomic E-state index is 0.836. The van der Waals surface area contributed by atoms with Gasteiger partial charge in [-0.1, -0.05) is 17.8 Å². The van der Waals surface area contributed by atoms with Gasteiger partial charge in [0.05, 0.1) is 0 Å². The fraction of sp³-hybridized carbons (Fsp3) is 0.455. The Morgan fingerprint density at radius 3 is 3.12 bits per heavy atom. The van der Waals surface area contributed by atoms with Crippen LogP contribution in [0.25, 0.3) is 0 Å². The van der Waals surface area contributed by atoms with E-state index in [2.05, 4.69) is 38.0 Å². The third-order valence-electron chi connectivity index (χ3n) is 2.21. The monoisotopic (exact) mass is 268 g/mol. The molecule has 0 saturated carbocycles. The van der Waals surface area contributed by atoms with Crippen molar-refractivity contribution in [2.45, 2.75) is 18.5 Å². The Bertz CT molecular complexity index is 424. The van der Waals surface area contributed by atoms with Crippen LogP contribution in [0.4, 0.5) is 0 Å². The maximum atomic E-state index is 4.24. The van der Waals surface area contributed by atoms with Crippen LogP contribution in [0.15, 0.2) is 22.7 Å². The summed E-state index contributed by atoms with van der Waals surface area (Å²) in [5.41, 5.74) is 0. The molecule has 6 heteroatoms.